The number of carbonyl (C=O) groups is 3. The maximum absolute atomic E-state index is 12.6. The van der Waals surface area contributed by atoms with E-state index < -0.39 is 0 Å². The summed E-state index contributed by atoms with van der Waals surface area (Å²) < 4.78 is 9.49. The summed E-state index contributed by atoms with van der Waals surface area (Å²) in [7, 11) is 2.31. The Bertz CT molecular complexity index is 579. The summed E-state index contributed by atoms with van der Waals surface area (Å²) in [5.74, 6) is 1.07. The molecule has 3 atom stereocenters. The highest BCUT2D eigenvalue weighted by Gasteiger charge is 2.34. The molecule has 3 aliphatic heterocycles. The zero-order valence-electron chi connectivity index (χ0n) is 22.2. The fourth-order valence-electron chi connectivity index (χ4n) is 4.23. The first-order chi connectivity index (χ1) is 16.8. The number of rotatable bonds is 9. The average Bonchev–Trinajstić information content (AvgIpc) is 3.59. The van der Waals surface area contributed by atoms with Crippen LogP contribution in [0, 0.1) is 5.92 Å². The standard InChI is InChI=1S/C17H29IN3O3P.C4H10.C2H4O2.CH4O/c18-25-24-15-7-11-20(12-15)17(23)13-21-14(5-6-16(21)22)4-3-10-19-8-1-2-9-19;1-4(2)3;1-4-2-3;1-2/h14-15,25H,1-13H2;4H,1-3H3;2H,1H3;2H,1H3. The van der Waals surface area contributed by atoms with Crippen molar-refractivity contribution in [3.05, 3.63) is 0 Å². The summed E-state index contributed by atoms with van der Waals surface area (Å²) in [4.78, 5) is 40.0. The molecular weight excluding hydrogens is 584 g/mol. The number of likely N-dealkylation sites (tertiary alicyclic amines) is 3. The molecule has 3 fully saturated rings. The third-order valence-electron chi connectivity index (χ3n) is 5.77. The lowest BCUT2D eigenvalue weighted by Gasteiger charge is -2.27. The van der Waals surface area contributed by atoms with Gasteiger partial charge in [-0.05, 0) is 86.1 Å². The number of ether oxygens (including phenoxy) is 1. The van der Waals surface area contributed by atoms with Crippen LogP contribution in [-0.4, -0.2) is 104 Å². The van der Waals surface area contributed by atoms with E-state index in [1.54, 1.807) is 0 Å². The molecule has 3 unspecified atom stereocenters. The Morgan fingerprint density at radius 3 is 2.34 bits per heavy atom. The van der Waals surface area contributed by atoms with Gasteiger partial charge in [0.05, 0.1) is 19.7 Å². The molecule has 0 radical (unpaired) electrons. The van der Waals surface area contributed by atoms with Crippen LogP contribution < -0.4 is 0 Å². The Balaban J connectivity index is 0.000000994. The summed E-state index contributed by atoms with van der Waals surface area (Å²) >= 11 is 2.22. The SMILES string of the molecule is CC(C)C.CO.COC=O.O=C(CN1C(=O)CCC1CCCN1CCCC1)N1CCC(OPI)C1. The van der Waals surface area contributed by atoms with Gasteiger partial charge in [0.1, 0.15) is 6.54 Å². The summed E-state index contributed by atoms with van der Waals surface area (Å²) in [6, 6.07) is 0.254. The van der Waals surface area contributed by atoms with E-state index in [-0.39, 0.29) is 30.5 Å². The first kappa shape index (κ1) is 34.5. The van der Waals surface area contributed by atoms with Crippen molar-refractivity contribution in [3.8, 4) is 0 Å². The van der Waals surface area contributed by atoms with E-state index in [0.717, 1.165) is 51.8 Å². The van der Waals surface area contributed by atoms with Gasteiger partial charge >= 0.3 is 0 Å². The quantitative estimate of drug-likeness (QED) is 0.237. The van der Waals surface area contributed by atoms with Crippen LogP contribution in [0.15, 0.2) is 0 Å². The number of carbonyl (C=O) groups excluding carboxylic acids is 3. The van der Waals surface area contributed by atoms with Gasteiger partial charge in [-0.15, -0.1) is 0 Å². The Morgan fingerprint density at radius 1 is 1.20 bits per heavy atom. The van der Waals surface area contributed by atoms with Crippen molar-refractivity contribution in [2.75, 3.05) is 53.5 Å². The fraction of sp³-hybridized carbons (Fsp3) is 0.875. The fourth-order valence-corrected chi connectivity index (χ4v) is 5.62. The molecule has 0 saturated carbocycles. The molecule has 3 heterocycles. The van der Waals surface area contributed by atoms with Gasteiger partial charge in [-0.1, -0.05) is 20.8 Å². The molecule has 11 heteroatoms. The van der Waals surface area contributed by atoms with Crippen LogP contribution in [0.3, 0.4) is 0 Å². The zero-order chi connectivity index (χ0) is 26.6. The van der Waals surface area contributed by atoms with Crippen molar-refractivity contribution in [2.45, 2.75) is 77.9 Å². The van der Waals surface area contributed by atoms with Crippen molar-refractivity contribution in [1.82, 2.24) is 14.7 Å². The molecule has 0 aliphatic carbocycles. The average molecular weight is 632 g/mol. The minimum absolute atomic E-state index is 0.0858. The second-order valence-corrected chi connectivity index (χ2v) is 11.1. The predicted molar refractivity (Wildman–Crippen MR) is 150 cm³/mol. The van der Waals surface area contributed by atoms with Crippen molar-refractivity contribution >= 4 is 46.8 Å². The van der Waals surface area contributed by atoms with Gasteiger partial charge in [-0.3, -0.25) is 14.4 Å². The molecule has 2 amide bonds. The monoisotopic (exact) mass is 631 g/mol. The molecule has 0 aromatic heterocycles. The van der Waals surface area contributed by atoms with Crippen molar-refractivity contribution in [1.29, 1.82) is 0 Å². The number of hydrogen-bond acceptors (Lipinski definition) is 7. The van der Waals surface area contributed by atoms with Gasteiger partial charge in [0.2, 0.25) is 11.8 Å². The van der Waals surface area contributed by atoms with Gasteiger partial charge in [0, 0.05) is 32.7 Å². The molecule has 0 spiro atoms. The highest BCUT2D eigenvalue weighted by atomic mass is 127. The third-order valence-corrected chi connectivity index (χ3v) is 6.96. The molecule has 1 N–H and O–H groups in total. The van der Waals surface area contributed by atoms with Crippen LogP contribution >= 0.6 is 28.5 Å². The third kappa shape index (κ3) is 15.3. The number of hydrogen-bond donors (Lipinski definition) is 1. The maximum Gasteiger partial charge on any atom is 0.292 e. The van der Waals surface area contributed by atoms with E-state index in [2.05, 4.69) is 52.4 Å². The molecule has 0 aromatic carbocycles. The van der Waals surface area contributed by atoms with E-state index >= 15 is 0 Å². The lowest BCUT2D eigenvalue weighted by atomic mass is 10.1. The highest BCUT2D eigenvalue weighted by molar-refractivity contribution is 14.2. The van der Waals surface area contributed by atoms with Crippen LogP contribution in [0.5, 0.6) is 0 Å². The Kier molecular flexibility index (Phi) is 21.2. The predicted octanol–water partition coefficient (Wildman–Crippen LogP) is 3.47. The molecule has 35 heavy (non-hydrogen) atoms. The largest absolute Gasteiger partial charge is 0.471 e. The summed E-state index contributed by atoms with van der Waals surface area (Å²) in [6.07, 6.45) is 7.38. The van der Waals surface area contributed by atoms with Gasteiger partial charge in [-0.25, -0.2) is 0 Å². The molecule has 0 aromatic rings. The van der Waals surface area contributed by atoms with E-state index in [9.17, 15) is 9.59 Å². The molecular formula is C24H47IN3O6P. The minimum Gasteiger partial charge on any atom is -0.471 e. The lowest BCUT2D eigenvalue weighted by Crippen LogP contribution is -2.43. The molecule has 206 valence electrons. The smallest absolute Gasteiger partial charge is 0.292 e. The maximum atomic E-state index is 12.6. The van der Waals surface area contributed by atoms with E-state index in [4.69, 9.17) is 14.4 Å². The highest BCUT2D eigenvalue weighted by Crippen LogP contribution is 2.29. The summed E-state index contributed by atoms with van der Waals surface area (Å²) in [5.41, 5.74) is 0. The number of methoxy groups -OCH3 is 1. The molecule has 3 aliphatic rings. The lowest BCUT2D eigenvalue weighted by molar-refractivity contribution is -0.139. The molecule has 9 nitrogen and oxygen atoms in total. The first-order valence-electron chi connectivity index (χ1n) is 12.5. The van der Waals surface area contributed by atoms with E-state index in [1.807, 2.05) is 9.80 Å². The van der Waals surface area contributed by atoms with Crippen LogP contribution in [0.2, 0.25) is 0 Å². The number of nitrogens with zero attached hydrogens (tertiary/aromatic N) is 3. The molecule has 3 saturated heterocycles. The zero-order valence-corrected chi connectivity index (χ0v) is 25.4. The van der Waals surface area contributed by atoms with Gasteiger partial charge in [-0.2, -0.15) is 0 Å². The number of aliphatic hydroxyl groups is 1. The first-order valence-corrected chi connectivity index (χ1v) is 16.6. The minimum atomic E-state index is 0.0858. The van der Waals surface area contributed by atoms with Crippen LogP contribution in [0.4, 0.5) is 0 Å². The molecule has 0 bridgehead atoms. The second kappa shape index (κ2) is 21.5. The van der Waals surface area contributed by atoms with Crippen molar-refractivity contribution < 1.29 is 28.8 Å². The normalized spacial score (nSPS) is 21.9. The van der Waals surface area contributed by atoms with Crippen LogP contribution in [-0.2, 0) is 23.6 Å². The number of aliphatic hydroxyl groups excluding tert-OH is 1. The number of halogens is 1. The van der Waals surface area contributed by atoms with Crippen molar-refractivity contribution in [3.63, 3.8) is 0 Å². The topological polar surface area (TPSA) is 99.6 Å². The molecule has 3 rings (SSSR count). The van der Waals surface area contributed by atoms with Crippen molar-refractivity contribution in [2.24, 2.45) is 5.92 Å². The van der Waals surface area contributed by atoms with E-state index in [0.29, 0.717) is 25.9 Å². The number of amides is 2. The van der Waals surface area contributed by atoms with Crippen LogP contribution in [0.25, 0.3) is 0 Å². The van der Waals surface area contributed by atoms with Gasteiger partial charge in [0.25, 0.3) is 6.47 Å². The van der Waals surface area contributed by atoms with Gasteiger partial charge < -0.3 is 29.1 Å². The van der Waals surface area contributed by atoms with E-state index in [1.165, 1.54) is 33.0 Å². The van der Waals surface area contributed by atoms with Crippen LogP contribution in [0.1, 0.15) is 65.7 Å². The second-order valence-electron chi connectivity index (χ2n) is 9.41. The Morgan fingerprint density at radius 2 is 1.80 bits per heavy atom. The summed E-state index contributed by atoms with van der Waals surface area (Å²) in [6.45, 7) is 12.6. The Labute approximate surface area is 227 Å². The summed E-state index contributed by atoms with van der Waals surface area (Å²) in [5, 5.41) is 7.00. The van der Waals surface area contributed by atoms with Gasteiger partial charge in [0.15, 0.2) is 0 Å². The Hall–Kier alpha value is -0.550.